The van der Waals surface area contributed by atoms with Crippen LogP contribution in [0.15, 0.2) is 12.5 Å². The van der Waals surface area contributed by atoms with Crippen LogP contribution in [0.1, 0.15) is 38.8 Å². The first-order chi connectivity index (χ1) is 13.5. The molecule has 3 rings (SSSR count). The molecule has 1 aromatic heterocycles. The Balaban J connectivity index is 1.59. The second-order valence-corrected chi connectivity index (χ2v) is 7.50. The number of nitrogens with zero attached hydrogens (tertiary/aromatic N) is 3. The molecule has 2 fully saturated rings. The van der Waals surface area contributed by atoms with Crippen molar-refractivity contribution in [2.24, 2.45) is 5.92 Å². The van der Waals surface area contributed by atoms with E-state index in [-0.39, 0.29) is 42.4 Å². The second kappa shape index (κ2) is 9.07. The molecular weight excluding hydrogens is 360 g/mol. The lowest BCUT2D eigenvalue weighted by Gasteiger charge is -2.39. The number of amides is 4. The first-order valence-corrected chi connectivity index (χ1v) is 10.1. The quantitative estimate of drug-likeness (QED) is 0.630. The van der Waals surface area contributed by atoms with Gasteiger partial charge in [-0.05, 0) is 19.3 Å². The van der Waals surface area contributed by atoms with Crippen molar-refractivity contribution in [1.82, 2.24) is 30.4 Å². The Morgan fingerprint density at radius 1 is 1.29 bits per heavy atom. The van der Waals surface area contributed by atoms with Gasteiger partial charge in [-0.25, -0.2) is 9.78 Å². The number of hydrogen-bond acceptors (Lipinski definition) is 4. The third-order valence-corrected chi connectivity index (χ3v) is 5.60. The number of rotatable bonds is 7. The van der Waals surface area contributed by atoms with Gasteiger partial charge in [-0.15, -0.1) is 0 Å². The summed E-state index contributed by atoms with van der Waals surface area (Å²) in [6.07, 6.45) is 6.22. The van der Waals surface area contributed by atoms with Gasteiger partial charge in [-0.2, -0.15) is 0 Å². The highest BCUT2D eigenvalue weighted by atomic mass is 16.2. The summed E-state index contributed by atoms with van der Waals surface area (Å²) in [5, 5.41) is 5.83. The molecule has 4 amide bonds. The van der Waals surface area contributed by atoms with Crippen LogP contribution in [0.5, 0.6) is 0 Å². The molecule has 0 aliphatic carbocycles. The molecule has 9 nitrogen and oxygen atoms in total. The number of carbonyl (C=O) groups excluding carboxylic acids is 3. The third-order valence-electron chi connectivity index (χ3n) is 5.60. The molecule has 0 unspecified atom stereocenters. The summed E-state index contributed by atoms with van der Waals surface area (Å²) < 4.78 is 0. The molecule has 0 aromatic carbocycles. The average Bonchev–Trinajstić information content (AvgIpc) is 3.33. The molecule has 0 bridgehead atoms. The number of urea groups is 1. The zero-order valence-electron chi connectivity index (χ0n) is 16.6. The van der Waals surface area contributed by atoms with Gasteiger partial charge in [0.15, 0.2) is 0 Å². The van der Waals surface area contributed by atoms with Crippen LogP contribution in [-0.4, -0.2) is 75.9 Å². The van der Waals surface area contributed by atoms with Crippen molar-refractivity contribution >= 4 is 17.8 Å². The van der Waals surface area contributed by atoms with Crippen molar-refractivity contribution in [3.63, 3.8) is 0 Å². The van der Waals surface area contributed by atoms with Crippen LogP contribution in [0, 0.1) is 5.92 Å². The number of nitrogens with one attached hydrogen (secondary N) is 3. The smallest absolute Gasteiger partial charge is 0.317 e. The number of aromatic amines is 1. The van der Waals surface area contributed by atoms with E-state index in [9.17, 15) is 14.4 Å². The fourth-order valence-corrected chi connectivity index (χ4v) is 4.28. The molecule has 2 saturated heterocycles. The number of piperazine rings is 1. The number of carbonyl (C=O) groups is 3. The average molecular weight is 390 g/mol. The minimum atomic E-state index is -0.237. The molecule has 2 aliphatic rings. The Morgan fingerprint density at radius 3 is 2.79 bits per heavy atom. The Hall–Kier alpha value is -2.58. The highest BCUT2D eigenvalue weighted by Crippen LogP contribution is 2.35. The molecule has 154 valence electrons. The largest absolute Gasteiger partial charge is 0.355 e. The first-order valence-electron chi connectivity index (χ1n) is 10.1. The van der Waals surface area contributed by atoms with Crippen LogP contribution in [-0.2, 0) is 16.0 Å². The Labute approximate surface area is 165 Å². The molecule has 3 atom stereocenters. The summed E-state index contributed by atoms with van der Waals surface area (Å²) in [7, 11) is 0. The number of H-pyrrole nitrogens is 1. The topological polar surface area (TPSA) is 110 Å². The SMILES string of the molecule is CCCNC(=O)N1CC(=O)N2[C@@H](C[C@H](C(=O)NCCc3cnc[nH]3)[C@@H]2CC)C1. The van der Waals surface area contributed by atoms with Crippen LogP contribution < -0.4 is 10.6 Å². The van der Waals surface area contributed by atoms with Gasteiger partial charge in [0.05, 0.1) is 18.3 Å². The molecule has 28 heavy (non-hydrogen) atoms. The third kappa shape index (κ3) is 4.28. The van der Waals surface area contributed by atoms with E-state index >= 15 is 0 Å². The highest BCUT2D eigenvalue weighted by molar-refractivity contribution is 5.88. The second-order valence-electron chi connectivity index (χ2n) is 7.50. The summed E-state index contributed by atoms with van der Waals surface area (Å²) in [6.45, 7) is 5.68. The lowest BCUT2D eigenvalue weighted by Crippen LogP contribution is -2.59. The summed E-state index contributed by atoms with van der Waals surface area (Å²) >= 11 is 0. The molecule has 2 aliphatic heterocycles. The van der Waals surface area contributed by atoms with Gasteiger partial charge in [0.2, 0.25) is 11.8 Å². The number of imidazole rings is 1. The van der Waals surface area contributed by atoms with Crippen molar-refractivity contribution in [2.45, 2.75) is 51.6 Å². The van der Waals surface area contributed by atoms with Crippen LogP contribution in [0.2, 0.25) is 0 Å². The van der Waals surface area contributed by atoms with Crippen LogP contribution in [0.25, 0.3) is 0 Å². The van der Waals surface area contributed by atoms with Crippen molar-refractivity contribution in [3.05, 3.63) is 18.2 Å². The number of aromatic nitrogens is 2. The van der Waals surface area contributed by atoms with Crippen LogP contribution in [0.3, 0.4) is 0 Å². The van der Waals surface area contributed by atoms with Crippen molar-refractivity contribution in [2.75, 3.05) is 26.2 Å². The highest BCUT2D eigenvalue weighted by Gasteiger charge is 2.49. The summed E-state index contributed by atoms with van der Waals surface area (Å²) in [5.41, 5.74) is 0.972. The molecule has 9 heteroatoms. The van der Waals surface area contributed by atoms with E-state index in [1.54, 1.807) is 17.4 Å². The zero-order valence-corrected chi connectivity index (χ0v) is 16.6. The summed E-state index contributed by atoms with van der Waals surface area (Å²) in [5.74, 6) is -0.322. The predicted octanol–water partition coefficient (Wildman–Crippen LogP) is 0.499. The molecule has 3 N–H and O–H groups in total. The lowest BCUT2D eigenvalue weighted by molar-refractivity contribution is -0.139. The van der Waals surface area contributed by atoms with E-state index in [4.69, 9.17) is 0 Å². The van der Waals surface area contributed by atoms with Crippen LogP contribution in [0.4, 0.5) is 4.79 Å². The molecule has 3 heterocycles. The van der Waals surface area contributed by atoms with E-state index < -0.39 is 0 Å². The monoisotopic (exact) mass is 390 g/mol. The minimum absolute atomic E-state index is 0.0180. The van der Waals surface area contributed by atoms with Gasteiger partial charge in [0, 0.05) is 44.0 Å². The van der Waals surface area contributed by atoms with Crippen molar-refractivity contribution in [1.29, 1.82) is 0 Å². The van der Waals surface area contributed by atoms with Gasteiger partial charge in [0.1, 0.15) is 6.54 Å². The van der Waals surface area contributed by atoms with Gasteiger partial charge >= 0.3 is 6.03 Å². The number of hydrogen-bond donors (Lipinski definition) is 3. The molecule has 0 radical (unpaired) electrons. The fourth-order valence-electron chi connectivity index (χ4n) is 4.28. The van der Waals surface area contributed by atoms with Gasteiger partial charge in [-0.1, -0.05) is 13.8 Å². The zero-order chi connectivity index (χ0) is 20.1. The molecule has 1 aromatic rings. The van der Waals surface area contributed by atoms with Crippen molar-refractivity contribution in [3.8, 4) is 0 Å². The van der Waals surface area contributed by atoms with E-state index in [0.29, 0.717) is 32.5 Å². The Kier molecular flexibility index (Phi) is 6.53. The summed E-state index contributed by atoms with van der Waals surface area (Å²) in [4.78, 5) is 48.2. The van der Waals surface area contributed by atoms with Gasteiger partial charge in [0.25, 0.3) is 0 Å². The summed E-state index contributed by atoms with van der Waals surface area (Å²) in [6, 6.07) is -0.400. The maximum absolute atomic E-state index is 12.8. The predicted molar refractivity (Wildman–Crippen MR) is 103 cm³/mol. The Morgan fingerprint density at radius 2 is 2.11 bits per heavy atom. The van der Waals surface area contributed by atoms with E-state index in [1.165, 1.54) is 0 Å². The van der Waals surface area contributed by atoms with E-state index in [0.717, 1.165) is 18.5 Å². The Bertz CT molecular complexity index is 692. The number of fused-ring (bicyclic) bond motifs is 1. The van der Waals surface area contributed by atoms with Gasteiger partial charge < -0.3 is 25.4 Å². The molecular formula is C19H30N6O3. The molecule has 0 saturated carbocycles. The molecule has 0 spiro atoms. The van der Waals surface area contributed by atoms with Crippen molar-refractivity contribution < 1.29 is 14.4 Å². The van der Waals surface area contributed by atoms with Crippen LogP contribution >= 0.6 is 0 Å². The standard InChI is InChI=1S/C19H30N6O3/c1-3-6-22-19(28)24-10-14-8-15(16(4-2)25(14)17(26)11-24)18(27)21-7-5-13-9-20-12-23-13/h9,12,14-16H,3-8,10-11H2,1-2H3,(H,20,23)(H,21,27)(H,22,28)/t14-,15-,16-/m0/s1. The maximum Gasteiger partial charge on any atom is 0.317 e. The van der Waals surface area contributed by atoms with E-state index in [2.05, 4.69) is 20.6 Å². The normalized spacial score (nSPS) is 24.2. The fraction of sp³-hybridized carbons (Fsp3) is 0.684. The lowest BCUT2D eigenvalue weighted by atomic mass is 9.96. The maximum atomic E-state index is 12.8. The minimum Gasteiger partial charge on any atom is -0.355 e. The van der Waals surface area contributed by atoms with Gasteiger partial charge in [-0.3, -0.25) is 9.59 Å². The first kappa shape index (κ1) is 20.2. The van der Waals surface area contributed by atoms with E-state index in [1.807, 2.05) is 18.7 Å².